The highest BCUT2D eigenvalue weighted by molar-refractivity contribution is 14.0. The average Bonchev–Trinajstić information content (AvgIpc) is 3.16. The predicted molar refractivity (Wildman–Crippen MR) is 132 cm³/mol. The van der Waals surface area contributed by atoms with Gasteiger partial charge in [0.1, 0.15) is 0 Å². The van der Waals surface area contributed by atoms with E-state index in [4.69, 9.17) is 9.47 Å². The van der Waals surface area contributed by atoms with Gasteiger partial charge in [-0.25, -0.2) is 0 Å². The van der Waals surface area contributed by atoms with Crippen LogP contribution in [-0.2, 0) is 5.41 Å². The maximum Gasteiger partial charge on any atom is 0.231 e. The van der Waals surface area contributed by atoms with Crippen molar-refractivity contribution in [3.8, 4) is 11.5 Å². The Morgan fingerprint density at radius 3 is 2.55 bits per heavy atom. The zero-order valence-electron chi connectivity index (χ0n) is 18.9. The molecular formula is C22H39IN4O2. The lowest BCUT2D eigenvalue weighted by Gasteiger charge is -2.28. The van der Waals surface area contributed by atoms with Gasteiger partial charge in [-0.15, -0.1) is 24.0 Å². The van der Waals surface area contributed by atoms with Crippen LogP contribution < -0.4 is 20.1 Å². The van der Waals surface area contributed by atoms with E-state index in [1.165, 1.54) is 12.0 Å². The second kappa shape index (κ2) is 12.5. The molecule has 0 aliphatic carbocycles. The molecule has 1 heterocycles. The van der Waals surface area contributed by atoms with Crippen molar-refractivity contribution >= 4 is 29.9 Å². The van der Waals surface area contributed by atoms with Gasteiger partial charge in [0.25, 0.3) is 0 Å². The molecule has 1 aromatic carbocycles. The van der Waals surface area contributed by atoms with Crippen molar-refractivity contribution in [2.45, 2.75) is 58.9 Å². The lowest BCUT2D eigenvalue weighted by molar-refractivity contribution is 0.174. The van der Waals surface area contributed by atoms with Gasteiger partial charge in [0.05, 0.1) is 0 Å². The van der Waals surface area contributed by atoms with E-state index in [2.05, 4.69) is 67.3 Å². The van der Waals surface area contributed by atoms with E-state index in [0.717, 1.165) is 50.1 Å². The number of fused-ring (bicyclic) bond motifs is 1. The molecule has 1 aromatic rings. The molecule has 0 spiro atoms. The molecule has 0 bridgehead atoms. The highest BCUT2D eigenvalue weighted by Crippen LogP contribution is 2.36. The van der Waals surface area contributed by atoms with Crippen molar-refractivity contribution in [2.75, 3.05) is 40.0 Å². The minimum atomic E-state index is -0.0649. The lowest BCUT2D eigenvalue weighted by atomic mass is 9.84. The van der Waals surface area contributed by atoms with Crippen LogP contribution in [0.15, 0.2) is 23.2 Å². The molecule has 29 heavy (non-hydrogen) atoms. The minimum Gasteiger partial charge on any atom is -0.454 e. The Hall–Kier alpha value is -1.22. The van der Waals surface area contributed by atoms with Crippen molar-refractivity contribution in [1.29, 1.82) is 0 Å². The van der Waals surface area contributed by atoms with Crippen LogP contribution in [-0.4, -0.2) is 56.9 Å². The molecule has 7 heteroatoms. The molecule has 0 aromatic heterocycles. The maximum atomic E-state index is 5.52. The molecule has 1 unspecified atom stereocenters. The number of rotatable bonds is 10. The molecule has 166 valence electrons. The van der Waals surface area contributed by atoms with Gasteiger partial charge in [-0.3, -0.25) is 4.99 Å². The number of hydrogen-bond acceptors (Lipinski definition) is 4. The quantitative estimate of drug-likeness (QED) is 0.279. The van der Waals surface area contributed by atoms with E-state index in [1.807, 2.05) is 13.1 Å². The number of hydrogen-bond donors (Lipinski definition) is 2. The van der Waals surface area contributed by atoms with Gasteiger partial charge < -0.3 is 25.0 Å². The highest BCUT2D eigenvalue weighted by atomic mass is 127. The van der Waals surface area contributed by atoms with Crippen LogP contribution >= 0.6 is 24.0 Å². The number of aliphatic imine (C=N–C) groups is 1. The summed E-state index contributed by atoms with van der Waals surface area (Å²) in [6.45, 7) is 15.6. The predicted octanol–water partition coefficient (Wildman–Crippen LogP) is 3.99. The van der Waals surface area contributed by atoms with Crippen LogP contribution in [0.4, 0.5) is 0 Å². The van der Waals surface area contributed by atoms with Gasteiger partial charge in [-0.1, -0.05) is 33.8 Å². The second-order valence-electron chi connectivity index (χ2n) is 8.09. The van der Waals surface area contributed by atoms with Crippen LogP contribution in [0.1, 0.15) is 53.0 Å². The molecule has 0 fully saturated rings. The number of nitrogens with zero attached hydrogens (tertiary/aromatic N) is 2. The molecule has 2 N–H and O–H groups in total. The van der Waals surface area contributed by atoms with E-state index < -0.39 is 0 Å². The van der Waals surface area contributed by atoms with Crippen LogP contribution in [0.25, 0.3) is 0 Å². The summed E-state index contributed by atoms with van der Waals surface area (Å²) >= 11 is 0. The molecule has 0 saturated carbocycles. The Kier molecular flexibility index (Phi) is 11.1. The summed E-state index contributed by atoms with van der Waals surface area (Å²) in [5.74, 6) is 2.50. The molecule has 6 nitrogen and oxygen atoms in total. The first-order chi connectivity index (χ1) is 13.4. The van der Waals surface area contributed by atoms with Gasteiger partial charge in [-0.05, 0) is 57.1 Å². The zero-order valence-corrected chi connectivity index (χ0v) is 21.2. The Morgan fingerprint density at radius 1 is 1.21 bits per heavy atom. The fourth-order valence-electron chi connectivity index (χ4n) is 3.39. The van der Waals surface area contributed by atoms with Gasteiger partial charge >= 0.3 is 0 Å². The van der Waals surface area contributed by atoms with Gasteiger partial charge in [-0.2, -0.15) is 0 Å². The Bertz CT molecular complexity index is 648. The maximum absolute atomic E-state index is 5.52. The van der Waals surface area contributed by atoms with Crippen LogP contribution in [0.3, 0.4) is 0 Å². The van der Waals surface area contributed by atoms with Gasteiger partial charge in [0.2, 0.25) is 6.79 Å². The molecule has 1 aliphatic rings. The van der Waals surface area contributed by atoms with Gasteiger partial charge in [0, 0.05) is 25.0 Å². The van der Waals surface area contributed by atoms with Crippen molar-refractivity contribution in [2.24, 2.45) is 4.99 Å². The van der Waals surface area contributed by atoms with Crippen LogP contribution in [0.5, 0.6) is 11.5 Å². The van der Waals surface area contributed by atoms with Crippen molar-refractivity contribution in [3.63, 3.8) is 0 Å². The molecular weight excluding hydrogens is 479 g/mol. The minimum absolute atomic E-state index is 0. The van der Waals surface area contributed by atoms with Crippen molar-refractivity contribution in [3.05, 3.63) is 23.8 Å². The van der Waals surface area contributed by atoms with Crippen molar-refractivity contribution < 1.29 is 9.47 Å². The van der Waals surface area contributed by atoms with E-state index in [-0.39, 0.29) is 29.4 Å². The van der Waals surface area contributed by atoms with E-state index in [1.54, 1.807) is 0 Å². The van der Waals surface area contributed by atoms with Gasteiger partial charge in [0.15, 0.2) is 17.5 Å². The van der Waals surface area contributed by atoms with Crippen LogP contribution in [0, 0.1) is 0 Å². The first-order valence-electron chi connectivity index (χ1n) is 10.5. The fraction of sp³-hybridized carbons (Fsp3) is 0.682. The SMILES string of the molecule is CCN(CC)CCCC(C)NC(=NC)NCC(C)(C)c1ccc2c(c1)OCO2.I. The average molecular weight is 518 g/mol. The lowest BCUT2D eigenvalue weighted by Crippen LogP contribution is -2.46. The zero-order chi connectivity index (χ0) is 20.6. The molecule has 1 aliphatic heterocycles. The third-order valence-corrected chi connectivity index (χ3v) is 5.46. The number of benzene rings is 1. The summed E-state index contributed by atoms with van der Waals surface area (Å²) in [6, 6.07) is 6.57. The summed E-state index contributed by atoms with van der Waals surface area (Å²) in [5.41, 5.74) is 1.15. The standard InChI is InChI=1S/C22H38N4O2.HI/c1-7-26(8-2)13-9-10-17(3)25-21(23-6)24-15-22(4,5)18-11-12-19-20(14-18)28-16-27-19;/h11-12,14,17H,7-10,13,15-16H2,1-6H3,(H2,23,24,25);1H. The first kappa shape index (κ1) is 25.8. The third kappa shape index (κ3) is 7.85. The number of ether oxygens (including phenoxy) is 2. The van der Waals surface area contributed by atoms with Crippen molar-refractivity contribution in [1.82, 2.24) is 15.5 Å². The van der Waals surface area contributed by atoms with Crippen LogP contribution in [0.2, 0.25) is 0 Å². The molecule has 2 rings (SSSR count). The van der Waals surface area contributed by atoms with E-state index in [0.29, 0.717) is 12.8 Å². The fourth-order valence-corrected chi connectivity index (χ4v) is 3.39. The molecule has 0 radical (unpaired) electrons. The summed E-state index contributed by atoms with van der Waals surface area (Å²) in [4.78, 5) is 6.86. The largest absolute Gasteiger partial charge is 0.454 e. The number of nitrogens with one attached hydrogen (secondary N) is 2. The molecule has 0 saturated heterocycles. The van der Waals surface area contributed by atoms with E-state index in [9.17, 15) is 0 Å². The summed E-state index contributed by atoms with van der Waals surface area (Å²) in [7, 11) is 1.82. The summed E-state index contributed by atoms with van der Waals surface area (Å²) in [6.07, 6.45) is 2.32. The normalized spacial score (nSPS) is 14.5. The first-order valence-corrected chi connectivity index (χ1v) is 10.5. The smallest absolute Gasteiger partial charge is 0.231 e. The highest BCUT2D eigenvalue weighted by Gasteiger charge is 2.24. The Balaban J connectivity index is 0.00000420. The Labute approximate surface area is 193 Å². The summed E-state index contributed by atoms with van der Waals surface area (Å²) < 4.78 is 10.9. The monoisotopic (exact) mass is 518 g/mol. The van der Waals surface area contributed by atoms with E-state index >= 15 is 0 Å². The number of guanidine groups is 1. The molecule has 0 amide bonds. The molecule has 1 atom stereocenters. The third-order valence-electron chi connectivity index (χ3n) is 5.46. The second-order valence-corrected chi connectivity index (χ2v) is 8.09. The number of halogens is 1. The topological polar surface area (TPSA) is 58.1 Å². The summed E-state index contributed by atoms with van der Waals surface area (Å²) in [5, 5.41) is 7.00. The Morgan fingerprint density at radius 2 is 1.90 bits per heavy atom.